The van der Waals surface area contributed by atoms with Gasteiger partial charge in [-0.25, -0.2) is 4.79 Å². The van der Waals surface area contributed by atoms with E-state index in [1.54, 1.807) is 36.0 Å². The lowest BCUT2D eigenvalue weighted by molar-refractivity contribution is -0.142. The van der Waals surface area contributed by atoms with Gasteiger partial charge in [0.05, 0.1) is 0 Å². The Bertz CT molecular complexity index is 690. The molecule has 1 aromatic rings. The van der Waals surface area contributed by atoms with Crippen molar-refractivity contribution >= 4 is 47.7 Å². The van der Waals surface area contributed by atoms with Crippen LogP contribution in [0.15, 0.2) is 30.3 Å². The van der Waals surface area contributed by atoms with Crippen molar-refractivity contribution in [3.63, 3.8) is 0 Å². The zero-order valence-electron chi connectivity index (χ0n) is 17.1. The Morgan fingerprint density at radius 1 is 0.933 bits per heavy atom. The summed E-state index contributed by atoms with van der Waals surface area (Å²) in [5, 5.41) is 17.2. The fraction of sp³-hybridized carbons (Fsp3) is 0.500. The van der Waals surface area contributed by atoms with E-state index in [2.05, 4.69) is 16.0 Å². The minimum atomic E-state index is -1.15. The third-order valence-corrected chi connectivity index (χ3v) is 5.63. The number of amides is 3. The third kappa shape index (κ3) is 9.53. The third-order valence-electron chi connectivity index (χ3n) is 4.34. The average Bonchev–Trinajstić information content (AvgIpc) is 2.73. The zero-order chi connectivity index (χ0) is 22.4. The van der Waals surface area contributed by atoms with Crippen molar-refractivity contribution in [2.24, 2.45) is 0 Å². The number of nitrogens with one attached hydrogen (secondary N) is 3. The van der Waals surface area contributed by atoms with Gasteiger partial charge in [0, 0.05) is 6.42 Å². The van der Waals surface area contributed by atoms with E-state index in [1.807, 2.05) is 18.6 Å². The molecule has 0 heterocycles. The van der Waals surface area contributed by atoms with E-state index in [9.17, 15) is 24.3 Å². The first-order chi connectivity index (χ1) is 14.4. The molecule has 0 aliphatic carbocycles. The second kappa shape index (κ2) is 14.7. The number of carbonyl (C=O) groups excluding carboxylic acids is 3. The molecular formula is C20H29N3O5S2. The lowest BCUT2D eigenvalue weighted by atomic mass is 10.1. The van der Waals surface area contributed by atoms with Crippen molar-refractivity contribution in [2.45, 2.75) is 37.4 Å². The highest BCUT2D eigenvalue weighted by molar-refractivity contribution is 7.98. The molecule has 0 saturated heterocycles. The maximum atomic E-state index is 12.8. The van der Waals surface area contributed by atoms with Crippen LogP contribution in [0.1, 0.15) is 18.4 Å². The van der Waals surface area contributed by atoms with Gasteiger partial charge in [-0.2, -0.15) is 23.5 Å². The Kier molecular flexibility index (Phi) is 12.7. The zero-order valence-corrected chi connectivity index (χ0v) is 18.8. The summed E-state index contributed by atoms with van der Waals surface area (Å²) in [5.41, 5.74) is 0.780. The van der Waals surface area contributed by atoms with Gasteiger partial charge in [0.15, 0.2) is 0 Å². The molecule has 30 heavy (non-hydrogen) atoms. The molecule has 0 saturated carbocycles. The Morgan fingerprint density at radius 3 is 2.00 bits per heavy atom. The number of carbonyl (C=O) groups is 4. The van der Waals surface area contributed by atoms with E-state index in [-0.39, 0.29) is 6.42 Å². The van der Waals surface area contributed by atoms with Crippen molar-refractivity contribution in [1.29, 1.82) is 0 Å². The molecule has 0 bridgehead atoms. The monoisotopic (exact) mass is 455 g/mol. The minimum Gasteiger partial charge on any atom is -0.480 e. The normalized spacial score (nSPS) is 13.5. The first-order valence-corrected chi connectivity index (χ1v) is 12.3. The quantitative estimate of drug-likeness (QED) is 0.290. The van der Waals surface area contributed by atoms with Gasteiger partial charge in [0.1, 0.15) is 18.1 Å². The molecule has 8 nitrogen and oxygen atoms in total. The molecule has 3 amide bonds. The molecule has 0 fully saturated rings. The highest BCUT2D eigenvalue weighted by Crippen LogP contribution is 2.07. The lowest BCUT2D eigenvalue weighted by Gasteiger charge is -2.23. The number of carboxylic acid groups (broad SMARTS) is 1. The summed E-state index contributed by atoms with van der Waals surface area (Å²) < 4.78 is 0. The molecule has 1 aromatic carbocycles. The van der Waals surface area contributed by atoms with Crippen LogP contribution in [0.2, 0.25) is 0 Å². The van der Waals surface area contributed by atoms with Crippen molar-refractivity contribution in [3.8, 4) is 0 Å². The summed E-state index contributed by atoms with van der Waals surface area (Å²) in [6.45, 7) is 0. The number of hydrogen-bond donors (Lipinski definition) is 4. The van der Waals surface area contributed by atoms with Gasteiger partial charge in [0.2, 0.25) is 18.2 Å². The maximum Gasteiger partial charge on any atom is 0.326 e. The fourth-order valence-electron chi connectivity index (χ4n) is 2.71. The van der Waals surface area contributed by atoms with Crippen LogP contribution in [0.25, 0.3) is 0 Å². The Hall–Kier alpha value is -2.20. The van der Waals surface area contributed by atoms with Crippen molar-refractivity contribution in [3.05, 3.63) is 35.9 Å². The molecule has 10 heteroatoms. The summed E-state index contributed by atoms with van der Waals surface area (Å²) in [6.07, 6.45) is 5.13. The van der Waals surface area contributed by atoms with Crippen molar-refractivity contribution in [1.82, 2.24) is 16.0 Å². The largest absolute Gasteiger partial charge is 0.480 e. The first kappa shape index (κ1) is 25.8. The summed E-state index contributed by atoms with van der Waals surface area (Å²) in [5.74, 6) is -0.908. The number of rotatable bonds is 15. The van der Waals surface area contributed by atoms with Gasteiger partial charge in [-0.15, -0.1) is 0 Å². The predicted molar refractivity (Wildman–Crippen MR) is 121 cm³/mol. The van der Waals surface area contributed by atoms with Gasteiger partial charge >= 0.3 is 5.97 Å². The van der Waals surface area contributed by atoms with E-state index < -0.39 is 35.9 Å². The van der Waals surface area contributed by atoms with Gasteiger partial charge in [-0.3, -0.25) is 14.4 Å². The van der Waals surface area contributed by atoms with Crippen LogP contribution in [-0.2, 0) is 25.6 Å². The van der Waals surface area contributed by atoms with Gasteiger partial charge in [-0.1, -0.05) is 30.3 Å². The van der Waals surface area contributed by atoms with Crippen molar-refractivity contribution in [2.75, 3.05) is 24.0 Å². The number of benzene rings is 1. The van der Waals surface area contributed by atoms with E-state index in [0.717, 1.165) is 5.56 Å². The second-order valence-corrected chi connectivity index (χ2v) is 8.52. The lowest BCUT2D eigenvalue weighted by Crippen LogP contribution is -2.55. The highest BCUT2D eigenvalue weighted by Gasteiger charge is 2.28. The van der Waals surface area contributed by atoms with Crippen molar-refractivity contribution < 1.29 is 24.3 Å². The van der Waals surface area contributed by atoms with Crippen LogP contribution in [0.3, 0.4) is 0 Å². The highest BCUT2D eigenvalue weighted by atomic mass is 32.2. The minimum absolute atomic E-state index is 0.133. The molecule has 0 spiro atoms. The molecule has 4 N–H and O–H groups in total. The standard InChI is InChI=1S/C20H29N3O5S2/c1-29-10-8-15(21-13-24)18(25)22-16(9-11-30-2)19(26)23-17(20(27)28)12-14-6-4-3-5-7-14/h3-7,13,15-17H,8-12H2,1-2H3,(H,21,24)(H,22,25)(H,23,26)(H,27,28). The number of carboxylic acids is 1. The predicted octanol–water partition coefficient (Wildman–Crippen LogP) is 0.904. The van der Waals surface area contributed by atoms with Crippen LogP contribution in [0, 0.1) is 0 Å². The molecule has 3 unspecified atom stereocenters. The molecular weight excluding hydrogens is 426 g/mol. The topological polar surface area (TPSA) is 125 Å². The summed E-state index contributed by atoms with van der Waals surface area (Å²) >= 11 is 3.05. The number of thioether (sulfide) groups is 2. The molecule has 0 aromatic heterocycles. The van der Waals surface area contributed by atoms with Gasteiger partial charge in [-0.05, 0) is 42.4 Å². The maximum absolute atomic E-state index is 12.8. The Morgan fingerprint density at radius 2 is 1.47 bits per heavy atom. The van der Waals surface area contributed by atoms with E-state index >= 15 is 0 Å². The number of hydrogen-bond acceptors (Lipinski definition) is 6. The SMILES string of the molecule is CSCCC(NC=O)C(=O)NC(CCSC)C(=O)NC(Cc1ccccc1)C(=O)O. The molecule has 166 valence electrons. The van der Waals surface area contributed by atoms with Crippen LogP contribution in [0.5, 0.6) is 0 Å². The molecule has 3 atom stereocenters. The van der Waals surface area contributed by atoms with E-state index in [4.69, 9.17) is 0 Å². The van der Waals surface area contributed by atoms with Crippen LogP contribution < -0.4 is 16.0 Å². The Balaban J connectivity index is 2.85. The Labute approximate surface area is 185 Å². The smallest absolute Gasteiger partial charge is 0.326 e. The molecule has 0 aliphatic rings. The molecule has 0 aliphatic heterocycles. The summed E-state index contributed by atoms with van der Waals surface area (Å²) in [6, 6.07) is 6.24. The van der Waals surface area contributed by atoms with Gasteiger partial charge < -0.3 is 21.1 Å². The van der Waals surface area contributed by atoms with E-state index in [0.29, 0.717) is 30.8 Å². The van der Waals surface area contributed by atoms with E-state index in [1.165, 1.54) is 11.8 Å². The van der Waals surface area contributed by atoms with Crippen LogP contribution in [0.4, 0.5) is 0 Å². The summed E-state index contributed by atoms with van der Waals surface area (Å²) in [7, 11) is 0. The summed E-state index contributed by atoms with van der Waals surface area (Å²) in [4.78, 5) is 47.8. The average molecular weight is 456 g/mol. The second-order valence-electron chi connectivity index (χ2n) is 6.55. The molecule has 1 rings (SSSR count). The van der Waals surface area contributed by atoms with Crippen LogP contribution in [-0.4, -0.2) is 71.4 Å². The van der Waals surface area contributed by atoms with Crippen LogP contribution >= 0.6 is 23.5 Å². The number of aliphatic carboxylic acids is 1. The molecule has 0 radical (unpaired) electrons. The fourth-order valence-corrected chi connectivity index (χ4v) is 3.65. The van der Waals surface area contributed by atoms with Gasteiger partial charge in [0.25, 0.3) is 0 Å². The first-order valence-electron chi connectivity index (χ1n) is 9.48.